The van der Waals surface area contributed by atoms with Gasteiger partial charge < -0.3 is 24.9 Å². The minimum absolute atomic E-state index is 0.0911. The van der Waals surface area contributed by atoms with E-state index in [9.17, 15) is 19.5 Å². The van der Waals surface area contributed by atoms with Gasteiger partial charge in [-0.3, -0.25) is 9.59 Å². The molecule has 3 N–H and O–H groups in total. The predicted octanol–water partition coefficient (Wildman–Crippen LogP) is 0.944. The van der Waals surface area contributed by atoms with Gasteiger partial charge in [0.2, 0.25) is 0 Å². The van der Waals surface area contributed by atoms with Gasteiger partial charge in [-0.15, -0.1) is 0 Å². The summed E-state index contributed by atoms with van der Waals surface area (Å²) in [5.74, 6) is -0.833. The van der Waals surface area contributed by atoms with Crippen LogP contribution in [0.15, 0.2) is 35.1 Å². The van der Waals surface area contributed by atoms with Gasteiger partial charge >= 0.3 is 5.97 Å². The number of benzene rings is 1. The lowest BCUT2D eigenvalue weighted by Gasteiger charge is -2.31. The molecule has 158 valence electrons. The monoisotopic (exact) mass is 421 g/mol. The van der Waals surface area contributed by atoms with E-state index in [0.717, 1.165) is 10.9 Å². The molecule has 2 aromatic heterocycles. The summed E-state index contributed by atoms with van der Waals surface area (Å²) >= 11 is 0. The molecule has 9 heteroatoms. The highest BCUT2D eigenvalue weighted by atomic mass is 16.6. The molecule has 0 saturated heterocycles. The fourth-order valence-corrected chi connectivity index (χ4v) is 4.21. The van der Waals surface area contributed by atoms with Gasteiger partial charge in [0.05, 0.1) is 29.0 Å². The van der Waals surface area contributed by atoms with Crippen molar-refractivity contribution in [2.75, 3.05) is 6.61 Å². The summed E-state index contributed by atoms with van der Waals surface area (Å²) in [6.07, 6.45) is 0.0911. The van der Waals surface area contributed by atoms with E-state index in [1.807, 2.05) is 6.07 Å². The molecule has 1 atom stereocenters. The van der Waals surface area contributed by atoms with Crippen molar-refractivity contribution in [3.05, 3.63) is 57.4 Å². The number of aliphatic hydroxyl groups is 1. The minimum Gasteiger partial charge on any atom is -0.484 e. The molecule has 31 heavy (non-hydrogen) atoms. The van der Waals surface area contributed by atoms with Crippen molar-refractivity contribution in [3.8, 4) is 17.1 Å². The van der Waals surface area contributed by atoms with Gasteiger partial charge in [0.25, 0.3) is 11.5 Å². The van der Waals surface area contributed by atoms with E-state index in [1.54, 1.807) is 35.8 Å². The number of amides is 1. The van der Waals surface area contributed by atoms with Crippen molar-refractivity contribution < 1.29 is 24.2 Å². The van der Waals surface area contributed by atoms with Gasteiger partial charge in [0.1, 0.15) is 12.4 Å². The van der Waals surface area contributed by atoms with Crippen LogP contribution in [-0.2, 0) is 33.1 Å². The Bertz CT molecular complexity index is 1350. The van der Waals surface area contributed by atoms with Crippen molar-refractivity contribution in [1.29, 1.82) is 0 Å². The lowest BCUT2D eigenvalue weighted by Crippen LogP contribution is -2.44. The molecule has 4 heterocycles. The minimum atomic E-state index is -1.85. The van der Waals surface area contributed by atoms with E-state index >= 15 is 0 Å². The molecule has 0 fully saturated rings. The van der Waals surface area contributed by atoms with Gasteiger partial charge in [0, 0.05) is 16.5 Å². The van der Waals surface area contributed by atoms with Crippen LogP contribution in [0, 0.1) is 0 Å². The highest BCUT2D eigenvalue weighted by Gasteiger charge is 2.45. The van der Waals surface area contributed by atoms with Crippen LogP contribution in [0.3, 0.4) is 0 Å². The SMILES string of the molecule is CCC1(O)C(=O)OCc2c1cc1n(c2=O)Cc2cc3cc(OCC(N)=O)ccc3nc2-1. The zero-order chi connectivity index (χ0) is 21.9. The van der Waals surface area contributed by atoms with E-state index in [4.69, 9.17) is 20.2 Å². The molecule has 2 aliphatic heterocycles. The summed E-state index contributed by atoms with van der Waals surface area (Å²) in [5.41, 5.74) is 6.21. The quantitative estimate of drug-likeness (QED) is 0.469. The average molecular weight is 421 g/mol. The number of aromatic nitrogens is 2. The Kier molecular flexibility index (Phi) is 4.13. The Morgan fingerprint density at radius 1 is 1.32 bits per heavy atom. The van der Waals surface area contributed by atoms with Gasteiger partial charge in [-0.05, 0) is 36.8 Å². The number of cyclic esters (lactones) is 1. The maximum atomic E-state index is 13.1. The summed E-state index contributed by atoms with van der Waals surface area (Å²) in [7, 11) is 0. The fourth-order valence-electron chi connectivity index (χ4n) is 4.21. The van der Waals surface area contributed by atoms with Gasteiger partial charge in [-0.2, -0.15) is 0 Å². The van der Waals surface area contributed by atoms with Crippen LogP contribution in [0.25, 0.3) is 22.3 Å². The molecule has 1 unspecified atom stereocenters. The summed E-state index contributed by atoms with van der Waals surface area (Å²) in [6.45, 7) is 1.59. The number of ether oxygens (including phenoxy) is 2. The van der Waals surface area contributed by atoms with E-state index in [0.29, 0.717) is 29.2 Å². The van der Waals surface area contributed by atoms with E-state index < -0.39 is 17.5 Å². The number of nitrogens with two attached hydrogens (primary N) is 1. The van der Waals surface area contributed by atoms with Crippen LogP contribution in [0.5, 0.6) is 5.75 Å². The molecule has 0 bridgehead atoms. The van der Waals surface area contributed by atoms with Crippen LogP contribution in [0.4, 0.5) is 0 Å². The molecule has 0 aliphatic carbocycles. The molecule has 1 amide bonds. The highest BCUT2D eigenvalue weighted by molar-refractivity contribution is 5.87. The van der Waals surface area contributed by atoms with Crippen molar-refractivity contribution in [2.24, 2.45) is 5.73 Å². The lowest BCUT2D eigenvalue weighted by molar-refractivity contribution is -0.172. The van der Waals surface area contributed by atoms with Crippen molar-refractivity contribution in [2.45, 2.75) is 32.1 Å². The second-order valence-corrected chi connectivity index (χ2v) is 7.71. The third-order valence-electron chi connectivity index (χ3n) is 5.86. The number of rotatable bonds is 4. The summed E-state index contributed by atoms with van der Waals surface area (Å²) in [5, 5.41) is 11.7. The van der Waals surface area contributed by atoms with Gasteiger partial charge in [-0.1, -0.05) is 6.92 Å². The number of hydrogen-bond donors (Lipinski definition) is 2. The number of hydrogen-bond acceptors (Lipinski definition) is 7. The maximum absolute atomic E-state index is 13.1. The Hall–Kier alpha value is -3.72. The van der Waals surface area contributed by atoms with Crippen LogP contribution in [0.1, 0.15) is 30.0 Å². The number of pyridine rings is 2. The van der Waals surface area contributed by atoms with Crippen LogP contribution >= 0.6 is 0 Å². The first kappa shape index (κ1) is 19.3. The lowest BCUT2D eigenvalue weighted by atomic mass is 9.86. The van der Waals surface area contributed by atoms with Crippen molar-refractivity contribution in [1.82, 2.24) is 9.55 Å². The first-order valence-corrected chi connectivity index (χ1v) is 9.83. The smallest absolute Gasteiger partial charge is 0.343 e. The Labute approximate surface area is 176 Å². The molecule has 5 rings (SSSR count). The summed E-state index contributed by atoms with van der Waals surface area (Å²) in [6, 6.07) is 8.78. The van der Waals surface area contributed by atoms with Crippen molar-refractivity contribution >= 4 is 22.8 Å². The molecular formula is C22H19N3O6. The fraction of sp³-hybridized carbons (Fsp3) is 0.273. The molecule has 0 saturated carbocycles. The predicted molar refractivity (Wildman–Crippen MR) is 109 cm³/mol. The number of primary amides is 1. The molecule has 0 radical (unpaired) electrons. The number of esters is 1. The second-order valence-electron chi connectivity index (χ2n) is 7.71. The molecule has 9 nitrogen and oxygen atoms in total. The maximum Gasteiger partial charge on any atom is 0.343 e. The standard InChI is InChI=1S/C22H19N3O6/c1-2-22(29)15-7-17-19-12(8-25(17)20(27)14(15)9-31-21(22)28)5-11-6-13(30-10-18(23)26)3-4-16(11)24-19/h3-7,29H,2,8-10H2,1H3,(H2,23,26). The van der Waals surface area contributed by atoms with Crippen LogP contribution in [0.2, 0.25) is 0 Å². The third kappa shape index (κ3) is 2.81. The van der Waals surface area contributed by atoms with Crippen LogP contribution in [-0.4, -0.2) is 33.1 Å². The number of nitrogens with zero attached hydrogens (tertiary/aromatic N) is 2. The summed E-state index contributed by atoms with van der Waals surface area (Å²) < 4.78 is 12.0. The van der Waals surface area contributed by atoms with Crippen LogP contribution < -0.4 is 16.0 Å². The first-order valence-electron chi connectivity index (χ1n) is 9.83. The van der Waals surface area contributed by atoms with E-state index in [1.165, 1.54) is 0 Å². The van der Waals surface area contributed by atoms with E-state index in [-0.39, 0.29) is 36.3 Å². The normalized spacial score (nSPS) is 18.8. The summed E-state index contributed by atoms with van der Waals surface area (Å²) in [4.78, 5) is 41.0. The largest absolute Gasteiger partial charge is 0.484 e. The molecular weight excluding hydrogens is 402 g/mol. The molecule has 0 spiro atoms. The first-order chi connectivity index (χ1) is 14.8. The molecule has 2 aliphatic rings. The Balaban J connectivity index is 1.64. The topological polar surface area (TPSA) is 134 Å². The zero-order valence-electron chi connectivity index (χ0n) is 16.7. The molecule has 3 aromatic rings. The number of fused-ring (bicyclic) bond motifs is 5. The van der Waals surface area contributed by atoms with Gasteiger partial charge in [-0.25, -0.2) is 9.78 Å². The molecule has 1 aromatic carbocycles. The van der Waals surface area contributed by atoms with Gasteiger partial charge in [0.15, 0.2) is 12.2 Å². The number of carbonyl (C=O) groups is 2. The highest BCUT2D eigenvalue weighted by Crippen LogP contribution is 2.38. The van der Waals surface area contributed by atoms with E-state index in [2.05, 4.69) is 0 Å². The second kappa shape index (κ2) is 6.64. The third-order valence-corrected chi connectivity index (χ3v) is 5.86. The Morgan fingerprint density at radius 3 is 2.87 bits per heavy atom. The average Bonchev–Trinajstić information content (AvgIpc) is 3.11. The Morgan fingerprint density at radius 2 is 2.13 bits per heavy atom. The van der Waals surface area contributed by atoms with Crippen molar-refractivity contribution in [3.63, 3.8) is 0 Å². The zero-order valence-corrected chi connectivity index (χ0v) is 16.7. The number of carbonyl (C=O) groups excluding carboxylic acids is 2.